The van der Waals surface area contributed by atoms with E-state index in [1.165, 1.54) is 11.1 Å². The third-order valence-corrected chi connectivity index (χ3v) is 3.60. The molecule has 1 aliphatic heterocycles. The van der Waals surface area contributed by atoms with E-state index >= 15 is 0 Å². The van der Waals surface area contributed by atoms with E-state index < -0.39 is 0 Å². The van der Waals surface area contributed by atoms with E-state index in [9.17, 15) is 9.59 Å². The molecule has 1 aliphatic carbocycles. The summed E-state index contributed by atoms with van der Waals surface area (Å²) < 4.78 is 0. The lowest BCUT2D eigenvalue weighted by Gasteiger charge is -2.16. The molecule has 0 aromatic heterocycles. The van der Waals surface area contributed by atoms with Crippen molar-refractivity contribution in [3.63, 3.8) is 0 Å². The largest absolute Gasteiger partial charge is 0.344 e. The lowest BCUT2D eigenvalue weighted by Crippen LogP contribution is -2.38. The van der Waals surface area contributed by atoms with Crippen LogP contribution in [0.2, 0.25) is 0 Å². The second-order valence-electron chi connectivity index (χ2n) is 4.86. The van der Waals surface area contributed by atoms with E-state index in [1.807, 2.05) is 12.1 Å². The van der Waals surface area contributed by atoms with Gasteiger partial charge in [0.25, 0.3) is 5.91 Å². The highest BCUT2D eigenvalue weighted by atomic mass is 16.2. The SMILES string of the molecule is O=C1CCC(C(=O)NC2CCc3ccccc32)=NN1. The topological polar surface area (TPSA) is 70.6 Å². The lowest BCUT2D eigenvalue weighted by molar-refractivity contribution is -0.121. The molecule has 5 nitrogen and oxygen atoms in total. The van der Waals surface area contributed by atoms with Gasteiger partial charge in [0.15, 0.2) is 0 Å². The van der Waals surface area contributed by atoms with Gasteiger partial charge in [-0.3, -0.25) is 9.59 Å². The quantitative estimate of drug-likeness (QED) is 0.831. The van der Waals surface area contributed by atoms with Crippen LogP contribution in [0.5, 0.6) is 0 Å². The molecule has 1 aromatic carbocycles. The highest BCUT2D eigenvalue weighted by Crippen LogP contribution is 2.30. The molecule has 0 radical (unpaired) electrons. The molecule has 0 fully saturated rings. The van der Waals surface area contributed by atoms with Crippen LogP contribution >= 0.6 is 0 Å². The average molecular weight is 257 g/mol. The molecule has 0 bridgehead atoms. The summed E-state index contributed by atoms with van der Waals surface area (Å²) in [4.78, 5) is 23.1. The van der Waals surface area contributed by atoms with Crippen LogP contribution in [0.25, 0.3) is 0 Å². The molecule has 0 saturated heterocycles. The van der Waals surface area contributed by atoms with Crippen molar-refractivity contribution < 1.29 is 9.59 Å². The fraction of sp³-hybridized carbons (Fsp3) is 0.357. The Kier molecular flexibility index (Phi) is 3.03. The van der Waals surface area contributed by atoms with Crippen molar-refractivity contribution in [1.29, 1.82) is 0 Å². The van der Waals surface area contributed by atoms with Crippen molar-refractivity contribution in [2.45, 2.75) is 31.7 Å². The normalized spacial score (nSPS) is 21.4. The smallest absolute Gasteiger partial charge is 0.267 e. The van der Waals surface area contributed by atoms with Gasteiger partial charge in [-0.15, -0.1) is 0 Å². The first-order valence-electron chi connectivity index (χ1n) is 6.48. The number of nitrogens with zero attached hydrogens (tertiary/aromatic N) is 1. The third-order valence-electron chi connectivity index (χ3n) is 3.60. The zero-order chi connectivity index (χ0) is 13.2. The number of hydrogen-bond donors (Lipinski definition) is 2. The number of nitrogens with one attached hydrogen (secondary N) is 2. The number of aryl methyl sites for hydroxylation is 1. The molecule has 2 N–H and O–H groups in total. The van der Waals surface area contributed by atoms with E-state index in [-0.39, 0.29) is 17.9 Å². The minimum Gasteiger partial charge on any atom is -0.344 e. The van der Waals surface area contributed by atoms with Gasteiger partial charge in [0.2, 0.25) is 5.91 Å². The molecule has 2 aliphatic rings. The van der Waals surface area contributed by atoms with E-state index in [1.54, 1.807) is 0 Å². The predicted molar refractivity (Wildman–Crippen MR) is 70.5 cm³/mol. The Hall–Kier alpha value is -2.17. The number of rotatable bonds is 2. The first-order valence-corrected chi connectivity index (χ1v) is 6.48. The number of hydrogen-bond acceptors (Lipinski definition) is 3. The number of carbonyl (C=O) groups excluding carboxylic acids is 2. The van der Waals surface area contributed by atoms with Crippen LogP contribution in [0.15, 0.2) is 29.4 Å². The van der Waals surface area contributed by atoms with Gasteiger partial charge in [0, 0.05) is 12.8 Å². The summed E-state index contributed by atoms with van der Waals surface area (Å²) in [6.07, 6.45) is 2.65. The minimum atomic E-state index is -0.179. The highest BCUT2D eigenvalue weighted by Gasteiger charge is 2.26. The molecule has 98 valence electrons. The minimum absolute atomic E-state index is 0.0593. The van der Waals surface area contributed by atoms with E-state index in [0.29, 0.717) is 18.6 Å². The molecule has 1 unspecified atom stereocenters. The fourth-order valence-corrected chi connectivity index (χ4v) is 2.59. The second-order valence-corrected chi connectivity index (χ2v) is 4.86. The molecular weight excluding hydrogens is 242 g/mol. The lowest BCUT2D eigenvalue weighted by atomic mass is 10.1. The molecule has 5 heteroatoms. The van der Waals surface area contributed by atoms with Crippen molar-refractivity contribution in [3.8, 4) is 0 Å². The Morgan fingerprint density at radius 1 is 1.26 bits per heavy atom. The molecule has 19 heavy (non-hydrogen) atoms. The highest BCUT2D eigenvalue weighted by molar-refractivity contribution is 6.39. The van der Waals surface area contributed by atoms with Crippen LogP contribution < -0.4 is 10.7 Å². The average Bonchev–Trinajstić information content (AvgIpc) is 2.83. The van der Waals surface area contributed by atoms with Gasteiger partial charge in [0.1, 0.15) is 5.71 Å². The maximum Gasteiger partial charge on any atom is 0.267 e. The van der Waals surface area contributed by atoms with Gasteiger partial charge in [-0.25, -0.2) is 5.43 Å². The number of carbonyl (C=O) groups is 2. The molecule has 1 heterocycles. The zero-order valence-corrected chi connectivity index (χ0v) is 10.5. The number of benzene rings is 1. The van der Waals surface area contributed by atoms with Crippen molar-refractivity contribution in [1.82, 2.24) is 10.7 Å². The number of hydrazone groups is 1. The second kappa shape index (κ2) is 4.84. The van der Waals surface area contributed by atoms with Crippen molar-refractivity contribution in [2.24, 2.45) is 5.10 Å². The predicted octanol–water partition coefficient (Wildman–Crippen LogP) is 1.06. The summed E-state index contributed by atoms with van der Waals surface area (Å²) in [6, 6.07) is 8.22. The molecule has 1 aromatic rings. The maximum atomic E-state index is 12.1. The van der Waals surface area contributed by atoms with Crippen molar-refractivity contribution in [2.75, 3.05) is 0 Å². The summed E-state index contributed by atoms with van der Waals surface area (Å²) in [7, 11) is 0. The molecule has 1 atom stereocenters. The van der Waals surface area contributed by atoms with Gasteiger partial charge >= 0.3 is 0 Å². The summed E-state index contributed by atoms with van der Waals surface area (Å²) in [5.41, 5.74) is 5.24. The fourth-order valence-electron chi connectivity index (χ4n) is 2.59. The Morgan fingerprint density at radius 2 is 2.11 bits per heavy atom. The molecule has 0 saturated carbocycles. The van der Waals surface area contributed by atoms with Crippen LogP contribution in [-0.4, -0.2) is 17.5 Å². The first-order chi connectivity index (χ1) is 9.24. The van der Waals surface area contributed by atoms with Crippen molar-refractivity contribution >= 4 is 17.5 Å². The first kappa shape index (κ1) is 11.9. The van der Waals surface area contributed by atoms with Gasteiger partial charge in [-0.2, -0.15) is 5.10 Å². The molecule has 2 amide bonds. The Morgan fingerprint density at radius 3 is 2.89 bits per heavy atom. The summed E-state index contributed by atoms with van der Waals surface area (Å²) in [5, 5.41) is 6.81. The van der Waals surface area contributed by atoms with Gasteiger partial charge in [0.05, 0.1) is 6.04 Å². The number of fused-ring (bicyclic) bond motifs is 1. The van der Waals surface area contributed by atoms with Crippen LogP contribution in [0.3, 0.4) is 0 Å². The Labute approximate surface area is 111 Å². The van der Waals surface area contributed by atoms with Gasteiger partial charge in [-0.05, 0) is 24.0 Å². The van der Waals surface area contributed by atoms with Crippen LogP contribution in [0.4, 0.5) is 0 Å². The molecular formula is C14H15N3O2. The summed E-state index contributed by atoms with van der Waals surface area (Å²) >= 11 is 0. The molecule has 0 spiro atoms. The van der Waals surface area contributed by atoms with Gasteiger partial charge in [-0.1, -0.05) is 24.3 Å². The van der Waals surface area contributed by atoms with E-state index in [0.717, 1.165) is 12.8 Å². The van der Waals surface area contributed by atoms with E-state index in [2.05, 4.69) is 28.0 Å². The molecule has 3 rings (SSSR count). The number of amides is 2. The zero-order valence-electron chi connectivity index (χ0n) is 10.5. The van der Waals surface area contributed by atoms with Crippen LogP contribution in [0.1, 0.15) is 36.4 Å². The standard InChI is InChI=1S/C14H15N3O2/c18-13-8-7-12(16-17-13)14(19)15-11-6-5-9-3-1-2-4-10(9)11/h1-4,11H,5-8H2,(H,15,19)(H,17,18). The van der Waals surface area contributed by atoms with Crippen LogP contribution in [0, 0.1) is 0 Å². The van der Waals surface area contributed by atoms with Crippen molar-refractivity contribution in [3.05, 3.63) is 35.4 Å². The Bertz CT molecular complexity index is 566. The van der Waals surface area contributed by atoms with Crippen LogP contribution in [-0.2, 0) is 16.0 Å². The van der Waals surface area contributed by atoms with E-state index in [4.69, 9.17) is 0 Å². The Balaban J connectivity index is 1.70. The van der Waals surface area contributed by atoms with Gasteiger partial charge < -0.3 is 5.32 Å². The summed E-state index contributed by atoms with van der Waals surface area (Å²) in [5.74, 6) is -0.315. The summed E-state index contributed by atoms with van der Waals surface area (Å²) in [6.45, 7) is 0. The third kappa shape index (κ3) is 2.36. The monoisotopic (exact) mass is 257 g/mol. The maximum absolute atomic E-state index is 12.1.